The number of hydrogen-bond donors (Lipinski definition) is 2. The molecule has 0 atom stereocenters. The summed E-state index contributed by atoms with van der Waals surface area (Å²) >= 11 is 0. The average Bonchev–Trinajstić information content (AvgIpc) is 2.98. The van der Waals surface area contributed by atoms with Crippen LogP contribution < -0.4 is 15.6 Å². The van der Waals surface area contributed by atoms with Crippen molar-refractivity contribution in [2.45, 2.75) is 25.7 Å². The molecule has 1 aromatic rings. The van der Waals surface area contributed by atoms with Crippen molar-refractivity contribution in [2.24, 2.45) is 5.92 Å². The predicted molar refractivity (Wildman–Crippen MR) is 70.1 cm³/mol. The van der Waals surface area contributed by atoms with Crippen LogP contribution in [0.2, 0.25) is 0 Å². The number of amides is 2. The molecule has 2 rings (SSSR count). The van der Waals surface area contributed by atoms with Crippen LogP contribution in [0.1, 0.15) is 25.7 Å². The van der Waals surface area contributed by atoms with Gasteiger partial charge < -0.3 is 4.74 Å². The summed E-state index contributed by atoms with van der Waals surface area (Å²) in [5, 5.41) is 0. The van der Waals surface area contributed by atoms with Crippen LogP contribution in [0, 0.1) is 11.7 Å². The molecule has 0 heterocycles. The maximum absolute atomic E-state index is 13.2. The first kappa shape index (κ1) is 14.3. The lowest BCUT2D eigenvalue weighted by Gasteiger charge is -2.12. The Balaban J connectivity index is 1.70. The first-order chi connectivity index (χ1) is 9.66. The van der Waals surface area contributed by atoms with Crippen LogP contribution in [0.4, 0.5) is 4.39 Å². The smallest absolute Gasteiger partial charge is 0.276 e. The van der Waals surface area contributed by atoms with Crippen molar-refractivity contribution in [3.8, 4) is 5.75 Å². The molecule has 0 aliphatic heterocycles. The highest BCUT2D eigenvalue weighted by Gasteiger charge is 2.22. The number of benzene rings is 1. The van der Waals surface area contributed by atoms with Crippen LogP contribution in [0.25, 0.3) is 0 Å². The molecule has 0 radical (unpaired) electrons. The molecule has 6 heteroatoms. The normalized spacial score (nSPS) is 14.8. The summed E-state index contributed by atoms with van der Waals surface area (Å²) in [5.41, 5.74) is 4.63. The minimum Gasteiger partial charge on any atom is -0.481 e. The molecule has 1 fully saturated rings. The van der Waals surface area contributed by atoms with Crippen LogP contribution in [0.5, 0.6) is 5.75 Å². The van der Waals surface area contributed by atoms with Crippen molar-refractivity contribution < 1.29 is 18.7 Å². The molecule has 2 N–H and O–H groups in total. The number of carbonyl (C=O) groups excluding carboxylic acids is 2. The zero-order valence-corrected chi connectivity index (χ0v) is 11.0. The highest BCUT2D eigenvalue weighted by molar-refractivity contribution is 5.84. The largest absolute Gasteiger partial charge is 0.481 e. The molecule has 1 aliphatic carbocycles. The summed E-state index contributed by atoms with van der Waals surface area (Å²) in [4.78, 5) is 23.1. The maximum Gasteiger partial charge on any atom is 0.276 e. The molecule has 0 saturated heterocycles. The number of nitrogens with one attached hydrogen (secondary N) is 2. The third-order valence-electron chi connectivity index (χ3n) is 3.25. The summed E-state index contributed by atoms with van der Waals surface area (Å²) < 4.78 is 18.3. The highest BCUT2D eigenvalue weighted by atomic mass is 19.1. The van der Waals surface area contributed by atoms with E-state index in [1.807, 2.05) is 0 Å². The highest BCUT2D eigenvalue weighted by Crippen LogP contribution is 2.24. The predicted octanol–water partition coefficient (Wildman–Crippen LogP) is 1.54. The molecular weight excluding hydrogens is 263 g/mol. The number of hydrazine groups is 1. The van der Waals surface area contributed by atoms with E-state index in [1.54, 1.807) is 6.07 Å². The van der Waals surface area contributed by atoms with Crippen molar-refractivity contribution in [3.63, 3.8) is 0 Å². The topological polar surface area (TPSA) is 67.4 Å². The van der Waals surface area contributed by atoms with Crippen molar-refractivity contribution in [1.29, 1.82) is 0 Å². The Labute approximate surface area is 116 Å². The minimum atomic E-state index is -0.532. The summed E-state index contributed by atoms with van der Waals surface area (Å²) in [6.45, 7) is -0.355. The quantitative estimate of drug-likeness (QED) is 0.822. The van der Waals surface area contributed by atoms with Crippen LogP contribution >= 0.6 is 0 Å². The first-order valence-corrected chi connectivity index (χ1v) is 6.63. The van der Waals surface area contributed by atoms with Crippen molar-refractivity contribution in [1.82, 2.24) is 10.9 Å². The molecule has 20 heavy (non-hydrogen) atoms. The van der Waals surface area contributed by atoms with E-state index in [2.05, 4.69) is 10.9 Å². The SMILES string of the molecule is O=C(COc1ccccc1F)NNC(=O)C1CCCC1. The standard InChI is InChI=1S/C14H17FN2O3/c15-11-7-3-4-8-12(11)20-9-13(18)16-17-14(19)10-5-1-2-6-10/h3-4,7-8,10H,1-2,5-6,9H2,(H,16,18)(H,17,19). The molecule has 1 aromatic carbocycles. The summed E-state index contributed by atoms with van der Waals surface area (Å²) in [7, 11) is 0. The summed E-state index contributed by atoms with van der Waals surface area (Å²) in [6, 6.07) is 5.82. The molecular formula is C14H17FN2O3. The average molecular weight is 280 g/mol. The number of rotatable bonds is 4. The molecule has 0 aromatic heterocycles. The van der Waals surface area contributed by atoms with E-state index in [9.17, 15) is 14.0 Å². The molecule has 0 unspecified atom stereocenters. The van der Waals surface area contributed by atoms with E-state index in [0.717, 1.165) is 25.7 Å². The van der Waals surface area contributed by atoms with E-state index in [4.69, 9.17) is 4.74 Å². The second-order valence-electron chi connectivity index (χ2n) is 4.74. The van der Waals surface area contributed by atoms with Crippen molar-refractivity contribution in [2.75, 3.05) is 6.61 Å². The summed E-state index contributed by atoms with van der Waals surface area (Å²) in [6.07, 6.45) is 3.80. The molecule has 108 valence electrons. The van der Waals surface area contributed by atoms with Crippen LogP contribution in [0.15, 0.2) is 24.3 Å². The van der Waals surface area contributed by atoms with Crippen molar-refractivity contribution in [3.05, 3.63) is 30.1 Å². The minimum absolute atomic E-state index is 0.00442. The Morgan fingerprint density at radius 1 is 1.20 bits per heavy atom. The molecule has 1 saturated carbocycles. The van der Waals surface area contributed by atoms with Gasteiger partial charge in [0, 0.05) is 5.92 Å². The lowest BCUT2D eigenvalue weighted by molar-refractivity contribution is -0.132. The third-order valence-corrected chi connectivity index (χ3v) is 3.25. The van der Waals surface area contributed by atoms with Gasteiger partial charge in [-0.2, -0.15) is 0 Å². The van der Waals surface area contributed by atoms with Gasteiger partial charge in [-0.25, -0.2) is 4.39 Å². The number of hydrogen-bond acceptors (Lipinski definition) is 3. The Bertz CT molecular complexity index is 487. The van der Waals surface area contributed by atoms with E-state index >= 15 is 0 Å². The number of carbonyl (C=O) groups is 2. The number of halogens is 1. The number of para-hydroxylation sites is 1. The first-order valence-electron chi connectivity index (χ1n) is 6.63. The second kappa shape index (κ2) is 6.88. The van der Waals surface area contributed by atoms with Gasteiger partial charge in [-0.05, 0) is 25.0 Å². The fourth-order valence-corrected chi connectivity index (χ4v) is 2.16. The van der Waals surface area contributed by atoms with E-state index in [-0.39, 0.29) is 24.2 Å². The third kappa shape index (κ3) is 3.94. The van der Waals surface area contributed by atoms with Crippen LogP contribution in [-0.2, 0) is 9.59 Å². The zero-order valence-electron chi connectivity index (χ0n) is 11.0. The van der Waals surface area contributed by atoms with E-state index in [0.29, 0.717) is 0 Å². The van der Waals surface area contributed by atoms with Gasteiger partial charge in [0.15, 0.2) is 18.2 Å². The van der Waals surface area contributed by atoms with Crippen LogP contribution in [-0.4, -0.2) is 18.4 Å². The Morgan fingerprint density at radius 2 is 1.90 bits per heavy atom. The molecule has 1 aliphatic rings. The van der Waals surface area contributed by atoms with Gasteiger partial charge in [0.2, 0.25) is 5.91 Å². The van der Waals surface area contributed by atoms with Gasteiger partial charge in [0.25, 0.3) is 5.91 Å². The monoisotopic (exact) mass is 280 g/mol. The number of ether oxygens (including phenoxy) is 1. The van der Waals surface area contributed by atoms with Crippen LogP contribution in [0.3, 0.4) is 0 Å². The lowest BCUT2D eigenvalue weighted by atomic mass is 10.1. The molecule has 5 nitrogen and oxygen atoms in total. The molecule has 0 bridgehead atoms. The van der Waals surface area contributed by atoms with Gasteiger partial charge in [-0.3, -0.25) is 20.4 Å². The Hall–Kier alpha value is -2.11. The second-order valence-corrected chi connectivity index (χ2v) is 4.74. The zero-order chi connectivity index (χ0) is 14.4. The van der Waals surface area contributed by atoms with E-state index in [1.165, 1.54) is 18.2 Å². The van der Waals surface area contributed by atoms with Gasteiger partial charge in [0.1, 0.15) is 0 Å². The van der Waals surface area contributed by atoms with Gasteiger partial charge in [-0.15, -0.1) is 0 Å². The fraction of sp³-hybridized carbons (Fsp3) is 0.429. The van der Waals surface area contributed by atoms with Gasteiger partial charge in [0.05, 0.1) is 0 Å². The molecule has 2 amide bonds. The maximum atomic E-state index is 13.2. The van der Waals surface area contributed by atoms with Gasteiger partial charge in [-0.1, -0.05) is 25.0 Å². The van der Waals surface area contributed by atoms with Crippen molar-refractivity contribution >= 4 is 11.8 Å². The fourth-order valence-electron chi connectivity index (χ4n) is 2.16. The molecule has 0 spiro atoms. The lowest BCUT2D eigenvalue weighted by Crippen LogP contribution is -2.45. The van der Waals surface area contributed by atoms with E-state index < -0.39 is 11.7 Å². The Morgan fingerprint density at radius 3 is 2.60 bits per heavy atom. The Kier molecular flexibility index (Phi) is 4.92. The summed E-state index contributed by atoms with van der Waals surface area (Å²) in [5.74, 6) is -1.26. The van der Waals surface area contributed by atoms with Gasteiger partial charge >= 0.3 is 0 Å².